The Labute approximate surface area is 124 Å². The van der Waals surface area contributed by atoms with Gasteiger partial charge in [-0.2, -0.15) is 13.2 Å². The number of alkyl halides is 3. The van der Waals surface area contributed by atoms with E-state index in [0.717, 1.165) is 24.6 Å². The summed E-state index contributed by atoms with van der Waals surface area (Å²) < 4.78 is 62.0. The summed E-state index contributed by atoms with van der Waals surface area (Å²) in [5.74, 6) is -1.03. The average Bonchev–Trinajstić information content (AvgIpc) is 2.72. The maximum Gasteiger partial charge on any atom is 0.401 e. The number of halogens is 3. The summed E-state index contributed by atoms with van der Waals surface area (Å²) in [6, 6.07) is -1.25. The second kappa shape index (κ2) is 6.28. The zero-order chi connectivity index (χ0) is 16.4. The molecule has 0 bridgehead atoms. The number of nitrogens with one attached hydrogen (secondary N) is 1. The number of aromatic nitrogens is 1. The first kappa shape index (κ1) is 17.9. The first-order chi connectivity index (χ1) is 9.42. The second-order valence-corrected chi connectivity index (χ2v) is 7.52. The van der Waals surface area contributed by atoms with E-state index in [1.54, 1.807) is 11.6 Å². The molecule has 0 spiro atoms. The molecule has 1 atom stereocenters. The number of hydrogen-bond acceptors (Lipinski definition) is 6. The van der Waals surface area contributed by atoms with Gasteiger partial charge in [0.1, 0.15) is 0 Å². The van der Waals surface area contributed by atoms with Gasteiger partial charge in [0.15, 0.2) is 4.21 Å². The van der Waals surface area contributed by atoms with Crippen LogP contribution in [-0.4, -0.2) is 50.0 Å². The second-order valence-electron chi connectivity index (χ2n) is 4.37. The van der Waals surface area contributed by atoms with Crippen LogP contribution in [0.1, 0.15) is 11.9 Å². The molecule has 0 saturated carbocycles. The highest BCUT2D eigenvalue weighted by Gasteiger charge is 2.34. The van der Waals surface area contributed by atoms with Crippen LogP contribution in [-0.2, 0) is 14.8 Å². The Balaban J connectivity index is 2.76. The van der Waals surface area contributed by atoms with Crippen LogP contribution < -0.4 is 4.72 Å². The Kier molecular flexibility index (Phi) is 5.34. The highest BCUT2D eigenvalue weighted by molar-refractivity contribution is 7.92. The van der Waals surface area contributed by atoms with Gasteiger partial charge in [0.2, 0.25) is 0 Å². The summed E-state index contributed by atoms with van der Waals surface area (Å²) in [6.45, 7) is 1.46. The maximum atomic E-state index is 12.2. The fourth-order valence-corrected chi connectivity index (χ4v) is 3.51. The van der Waals surface area contributed by atoms with Crippen molar-refractivity contribution >= 4 is 27.3 Å². The summed E-state index contributed by atoms with van der Waals surface area (Å²) in [6.07, 6.45) is -3.39. The molecule has 1 aromatic heterocycles. The van der Waals surface area contributed by atoms with Crippen LogP contribution in [0, 0.1) is 6.92 Å². The van der Waals surface area contributed by atoms with Crippen molar-refractivity contribution in [3.8, 4) is 0 Å². The molecule has 21 heavy (non-hydrogen) atoms. The summed E-state index contributed by atoms with van der Waals surface area (Å²) in [5.41, 5.74) is 0. The molecule has 0 aliphatic carbocycles. The van der Waals surface area contributed by atoms with Gasteiger partial charge in [-0.3, -0.25) is 9.69 Å². The minimum absolute atomic E-state index is 0.168. The van der Waals surface area contributed by atoms with Crippen LogP contribution in [0.2, 0.25) is 0 Å². The van der Waals surface area contributed by atoms with Gasteiger partial charge in [-0.25, -0.2) is 18.1 Å². The van der Waals surface area contributed by atoms with Crippen molar-refractivity contribution in [3.63, 3.8) is 0 Å². The quantitative estimate of drug-likeness (QED) is 0.866. The van der Waals surface area contributed by atoms with Gasteiger partial charge in [-0.05, 0) is 20.9 Å². The first-order valence-corrected chi connectivity index (χ1v) is 7.98. The minimum atomic E-state index is -4.48. The molecule has 1 amide bonds. The Morgan fingerprint density at radius 1 is 1.52 bits per heavy atom. The number of nitrogens with zero attached hydrogens (tertiary/aromatic N) is 2. The molecule has 1 unspecified atom stereocenters. The predicted octanol–water partition coefficient (Wildman–Crippen LogP) is 1.14. The van der Waals surface area contributed by atoms with Crippen molar-refractivity contribution in [2.24, 2.45) is 0 Å². The Morgan fingerprint density at radius 2 is 2.10 bits per heavy atom. The van der Waals surface area contributed by atoms with Crippen LogP contribution in [0.5, 0.6) is 0 Å². The van der Waals surface area contributed by atoms with Gasteiger partial charge < -0.3 is 0 Å². The molecule has 0 fully saturated rings. The fraction of sp³-hybridized carbons (Fsp3) is 0.600. The van der Waals surface area contributed by atoms with Crippen molar-refractivity contribution < 1.29 is 26.4 Å². The lowest BCUT2D eigenvalue weighted by Crippen LogP contribution is -2.47. The number of rotatable bonds is 5. The molecule has 1 rings (SSSR count). The van der Waals surface area contributed by atoms with Gasteiger partial charge in [-0.15, -0.1) is 11.3 Å². The van der Waals surface area contributed by atoms with Crippen molar-refractivity contribution in [1.82, 2.24) is 14.6 Å². The summed E-state index contributed by atoms with van der Waals surface area (Å²) in [5, 5.41) is 0.491. The van der Waals surface area contributed by atoms with Crippen molar-refractivity contribution in [2.45, 2.75) is 30.3 Å². The Hall–Kier alpha value is -1.20. The third-order valence-corrected chi connectivity index (χ3v) is 5.29. The van der Waals surface area contributed by atoms with Crippen LogP contribution >= 0.6 is 11.3 Å². The highest BCUT2D eigenvalue weighted by atomic mass is 32.2. The van der Waals surface area contributed by atoms with E-state index in [2.05, 4.69) is 4.98 Å². The number of carbonyl (C=O) groups excluding carboxylic acids is 1. The Bertz CT molecular complexity index is 613. The van der Waals surface area contributed by atoms with Crippen LogP contribution in [0.3, 0.4) is 0 Å². The van der Waals surface area contributed by atoms with E-state index >= 15 is 0 Å². The molecular formula is C10H14F3N3O3S2. The van der Waals surface area contributed by atoms with Crippen LogP contribution in [0.4, 0.5) is 13.2 Å². The molecule has 0 aromatic carbocycles. The zero-order valence-electron chi connectivity index (χ0n) is 11.4. The lowest BCUT2D eigenvalue weighted by molar-refractivity contribution is -0.150. The summed E-state index contributed by atoms with van der Waals surface area (Å²) in [7, 11) is -3.03. The number of likely N-dealkylation sites (N-methyl/N-ethyl adjacent to an activating group) is 1. The van der Waals surface area contributed by atoms with Crippen LogP contribution in [0.15, 0.2) is 10.4 Å². The SMILES string of the molecule is Cc1ncc(S(=O)(=O)NC(=O)C(C)N(C)CC(F)(F)F)s1. The third kappa shape index (κ3) is 5.25. The normalized spacial score (nSPS) is 14.2. The molecule has 1 N–H and O–H groups in total. The predicted molar refractivity (Wildman–Crippen MR) is 70.3 cm³/mol. The zero-order valence-corrected chi connectivity index (χ0v) is 13.1. The molecule has 1 aromatic rings. The average molecular weight is 345 g/mol. The molecule has 11 heteroatoms. The van der Waals surface area contributed by atoms with E-state index in [4.69, 9.17) is 0 Å². The molecular weight excluding hydrogens is 331 g/mol. The molecule has 1 heterocycles. The minimum Gasteiger partial charge on any atom is -0.287 e. The van der Waals surface area contributed by atoms with E-state index in [9.17, 15) is 26.4 Å². The fourth-order valence-electron chi connectivity index (χ4n) is 1.35. The molecule has 6 nitrogen and oxygen atoms in total. The van der Waals surface area contributed by atoms with E-state index in [1.807, 2.05) is 0 Å². The first-order valence-electron chi connectivity index (χ1n) is 5.68. The highest BCUT2D eigenvalue weighted by Crippen LogP contribution is 2.19. The van der Waals surface area contributed by atoms with Gasteiger partial charge in [0.05, 0.1) is 23.8 Å². The molecule has 0 radical (unpaired) electrons. The van der Waals surface area contributed by atoms with E-state index in [0.29, 0.717) is 9.91 Å². The van der Waals surface area contributed by atoms with Crippen LogP contribution in [0.25, 0.3) is 0 Å². The standard InChI is InChI=1S/C10H14F3N3O3S2/c1-6(16(3)5-10(11,12)13)9(17)15-21(18,19)8-4-14-7(2)20-8/h4,6H,5H2,1-3H3,(H,15,17). The smallest absolute Gasteiger partial charge is 0.287 e. The number of sulfonamides is 1. The van der Waals surface area contributed by atoms with E-state index in [-0.39, 0.29) is 4.21 Å². The molecule has 0 aliphatic rings. The van der Waals surface area contributed by atoms with Gasteiger partial charge in [-0.1, -0.05) is 0 Å². The monoisotopic (exact) mass is 345 g/mol. The number of carbonyl (C=O) groups is 1. The number of thiazole rings is 1. The molecule has 0 saturated heterocycles. The third-order valence-electron chi connectivity index (χ3n) is 2.57. The van der Waals surface area contributed by atoms with Gasteiger partial charge in [0, 0.05) is 0 Å². The lowest BCUT2D eigenvalue weighted by atomic mass is 10.3. The van der Waals surface area contributed by atoms with Crippen molar-refractivity contribution in [2.75, 3.05) is 13.6 Å². The summed E-state index contributed by atoms with van der Waals surface area (Å²) >= 11 is 0.859. The molecule has 120 valence electrons. The van der Waals surface area contributed by atoms with Crippen molar-refractivity contribution in [1.29, 1.82) is 0 Å². The van der Waals surface area contributed by atoms with Crippen molar-refractivity contribution in [3.05, 3.63) is 11.2 Å². The largest absolute Gasteiger partial charge is 0.401 e. The molecule has 0 aliphatic heterocycles. The van der Waals surface area contributed by atoms with E-state index < -0.39 is 34.7 Å². The number of aryl methyl sites for hydroxylation is 1. The number of amides is 1. The Morgan fingerprint density at radius 3 is 2.52 bits per heavy atom. The number of hydrogen-bond donors (Lipinski definition) is 1. The maximum absolute atomic E-state index is 12.2. The topological polar surface area (TPSA) is 79.4 Å². The van der Waals surface area contributed by atoms with E-state index in [1.165, 1.54) is 6.92 Å². The summed E-state index contributed by atoms with van der Waals surface area (Å²) in [4.78, 5) is 16.2. The van der Waals surface area contributed by atoms with Gasteiger partial charge in [0.25, 0.3) is 15.9 Å². The lowest BCUT2D eigenvalue weighted by Gasteiger charge is -2.24. The van der Waals surface area contributed by atoms with Gasteiger partial charge >= 0.3 is 6.18 Å².